The zero-order chi connectivity index (χ0) is 23.1. The van der Waals surface area contributed by atoms with Crippen molar-refractivity contribution in [3.63, 3.8) is 0 Å². The number of hydrogen-bond acceptors (Lipinski definition) is 4. The number of carbonyl (C=O) groups excluding carboxylic acids is 1. The summed E-state index contributed by atoms with van der Waals surface area (Å²) in [6, 6.07) is 19.5. The first-order valence-corrected chi connectivity index (χ1v) is 12.5. The minimum atomic E-state index is -4.13. The van der Waals surface area contributed by atoms with E-state index < -0.39 is 22.0 Å². The minimum absolute atomic E-state index is 0.125. The van der Waals surface area contributed by atoms with Gasteiger partial charge in [0.15, 0.2) is 0 Å². The number of hydrogen-bond donors (Lipinski definition) is 2. The van der Waals surface area contributed by atoms with Gasteiger partial charge >= 0.3 is 0 Å². The van der Waals surface area contributed by atoms with Crippen molar-refractivity contribution in [2.24, 2.45) is 0 Å². The molecule has 168 valence electrons. The Hall–Kier alpha value is -2.39. The van der Waals surface area contributed by atoms with Gasteiger partial charge in [-0.3, -0.25) is 4.79 Å². The highest BCUT2D eigenvalue weighted by Gasteiger charge is 2.28. The van der Waals surface area contributed by atoms with Crippen LogP contribution in [0.25, 0.3) is 0 Å². The second-order valence-electron chi connectivity index (χ2n) is 6.89. The Kier molecular flexibility index (Phi) is 8.31. The Morgan fingerprint density at radius 3 is 2.50 bits per heavy atom. The molecule has 0 aliphatic heterocycles. The minimum Gasteiger partial charge on any atom is -0.492 e. The number of ether oxygens (including phenoxy) is 1. The SMILES string of the molecule is CCOc1ccc(Cl)cc1S(=O)(=O)NC(Cc1ccccc1)C(=O)Nc1cccc(Br)c1. The molecule has 3 rings (SSSR count). The first kappa shape index (κ1) is 24.3. The maximum Gasteiger partial charge on any atom is 0.245 e. The first-order chi connectivity index (χ1) is 15.3. The van der Waals surface area contributed by atoms with Gasteiger partial charge in [0.1, 0.15) is 16.7 Å². The molecule has 0 spiro atoms. The number of nitrogens with one attached hydrogen (secondary N) is 2. The van der Waals surface area contributed by atoms with Crippen molar-refractivity contribution in [1.29, 1.82) is 0 Å². The summed E-state index contributed by atoms with van der Waals surface area (Å²) in [5, 5.41) is 3.02. The molecular weight excluding hydrogens is 516 g/mol. The molecule has 0 heterocycles. The fourth-order valence-electron chi connectivity index (χ4n) is 3.05. The summed E-state index contributed by atoms with van der Waals surface area (Å²) in [5.41, 5.74) is 1.35. The maximum absolute atomic E-state index is 13.3. The highest BCUT2D eigenvalue weighted by molar-refractivity contribution is 9.10. The van der Waals surface area contributed by atoms with Crippen LogP contribution in [0.15, 0.2) is 82.2 Å². The van der Waals surface area contributed by atoms with Crippen LogP contribution in [0.4, 0.5) is 5.69 Å². The van der Waals surface area contributed by atoms with Gasteiger partial charge in [-0.15, -0.1) is 0 Å². The van der Waals surface area contributed by atoms with Gasteiger partial charge in [-0.1, -0.05) is 63.9 Å². The average Bonchev–Trinajstić information content (AvgIpc) is 2.75. The van der Waals surface area contributed by atoms with E-state index >= 15 is 0 Å². The van der Waals surface area contributed by atoms with E-state index in [1.165, 1.54) is 12.1 Å². The predicted molar refractivity (Wildman–Crippen MR) is 130 cm³/mol. The van der Waals surface area contributed by atoms with E-state index in [0.29, 0.717) is 5.69 Å². The third-order valence-corrected chi connectivity index (χ3v) is 6.71. The number of benzene rings is 3. The van der Waals surface area contributed by atoms with Crippen molar-refractivity contribution >= 4 is 49.1 Å². The van der Waals surface area contributed by atoms with Crippen LogP contribution >= 0.6 is 27.5 Å². The van der Waals surface area contributed by atoms with Crippen molar-refractivity contribution in [3.05, 3.63) is 87.9 Å². The first-order valence-electron chi connectivity index (χ1n) is 9.83. The van der Waals surface area contributed by atoms with E-state index in [1.54, 1.807) is 31.2 Å². The Morgan fingerprint density at radius 2 is 1.81 bits per heavy atom. The van der Waals surface area contributed by atoms with Gasteiger partial charge in [-0.05, 0) is 55.3 Å². The second-order valence-corrected chi connectivity index (χ2v) is 9.92. The summed E-state index contributed by atoms with van der Waals surface area (Å²) in [4.78, 5) is 13.0. The largest absolute Gasteiger partial charge is 0.492 e. The topological polar surface area (TPSA) is 84.5 Å². The molecule has 0 saturated heterocycles. The van der Waals surface area contributed by atoms with Gasteiger partial charge in [0, 0.05) is 15.2 Å². The number of halogens is 2. The molecule has 3 aromatic carbocycles. The second kappa shape index (κ2) is 11.0. The lowest BCUT2D eigenvalue weighted by atomic mass is 10.1. The van der Waals surface area contributed by atoms with Crippen molar-refractivity contribution in [2.75, 3.05) is 11.9 Å². The molecule has 32 heavy (non-hydrogen) atoms. The molecule has 0 radical (unpaired) electrons. The highest BCUT2D eigenvalue weighted by Crippen LogP contribution is 2.28. The molecule has 9 heteroatoms. The normalized spacial score (nSPS) is 12.2. The van der Waals surface area contributed by atoms with E-state index in [4.69, 9.17) is 16.3 Å². The number of rotatable bonds is 9. The fraction of sp³-hybridized carbons (Fsp3) is 0.174. The Labute approximate surface area is 201 Å². The van der Waals surface area contributed by atoms with E-state index in [1.807, 2.05) is 36.4 Å². The van der Waals surface area contributed by atoms with E-state index in [0.717, 1.165) is 10.0 Å². The molecule has 0 aliphatic carbocycles. The van der Waals surface area contributed by atoms with Gasteiger partial charge < -0.3 is 10.1 Å². The molecule has 0 bridgehead atoms. The van der Waals surface area contributed by atoms with Crippen molar-refractivity contribution < 1.29 is 17.9 Å². The van der Waals surface area contributed by atoms with Crippen LogP contribution in [-0.2, 0) is 21.2 Å². The van der Waals surface area contributed by atoms with Crippen LogP contribution in [0.2, 0.25) is 5.02 Å². The van der Waals surface area contributed by atoms with Crippen LogP contribution in [0.5, 0.6) is 5.75 Å². The molecule has 1 atom stereocenters. The summed E-state index contributed by atoms with van der Waals surface area (Å²) in [6.45, 7) is 2.03. The summed E-state index contributed by atoms with van der Waals surface area (Å²) in [6.07, 6.45) is 0.157. The average molecular weight is 538 g/mol. The summed E-state index contributed by atoms with van der Waals surface area (Å²) in [5.74, 6) is -0.328. The van der Waals surface area contributed by atoms with Gasteiger partial charge in [-0.2, -0.15) is 4.72 Å². The summed E-state index contributed by atoms with van der Waals surface area (Å²) < 4.78 is 35.3. The van der Waals surface area contributed by atoms with Crippen molar-refractivity contribution in [3.8, 4) is 5.75 Å². The van der Waals surface area contributed by atoms with Crippen molar-refractivity contribution in [2.45, 2.75) is 24.3 Å². The predicted octanol–water partition coefficient (Wildman–Crippen LogP) is 5.03. The van der Waals surface area contributed by atoms with Crippen LogP contribution in [0, 0.1) is 0 Å². The highest BCUT2D eigenvalue weighted by atomic mass is 79.9. The maximum atomic E-state index is 13.3. The van der Waals surface area contributed by atoms with Gasteiger partial charge in [-0.25, -0.2) is 8.42 Å². The summed E-state index contributed by atoms with van der Waals surface area (Å²) >= 11 is 9.41. The van der Waals surface area contributed by atoms with Crippen LogP contribution in [0.1, 0.15) is 12.5 Å². The summed E-state index contributed by atoms with van der Waals surface area (Å²) in [7, 11) is -4.13. The van der Waals surface area contributed by atoms with E-state index in [9.17, 15) is 13.2 Å². The number of anilines is 1. The van der Waals surface area contributed by atoms with Crippen LogP contribution in [0.3, 0.4) is 0 Å². The molecule has 1 unspecified atom stereocenters. The third kappa shape index (κ3) is 6.56. The fourth-order valence-corrected chi connectivity index (χ4v) is 5.05. The zero-order valence-corrected chi connectivity index (χ0v) is 20.4. The lowest BCUT2D eigenvalue weighted by Gasteiger charge is -2.20. The number of sulfonamides is 1. The molecule has 0 aromatic heterocycles. The Balaban J connectivity index is 1.92. The quantitative estimate of drug-likeness (QED) is 0.401. The number of carbonyl (C=O) groups is 1. The monoisotopic (exact) mass is 536 g/mol. The smallest absolute Gasteiger partial charge is 0.245 e. The zero-order valence-electron chi connectivity index (χ0n) is 17.2. The molecule has 0 saturated carbocycles. The van der Waals surface area contributed by atoms with Crippen molar-refractivity contribution in [1.82, 2.24) is 4.72 Å². The standard InChI is InChI=1S/C23H22BrClN2O4S/c1-2-31-21-12-11-18(25)15-22(21)32(29,30)27-20(13-16-7-4-3-5-8-16)23(28)26-19-10-6-9-17(24)14-19/h3-12,14-15,20,27H,2,13H2,1H3,(H,26,28). The van der Waals surface area contributed by atoms with E-state index in [2.05, 4.69) is 26.0 Å². The Morgan fingerprint density at radius 1 is 1.06 bits per heavy atom. The third-order valence-electron chi connectivity index (χ3n) is 4.48. The van der Waals surface area contributed by atoms with Crippen LogP contribution < -0.4 is 14.8 Å². The molecule has 6 nitrogen and oxygen atoms in total. The molecule has 0 aliphatic rings. The Bertz CT molecular complexity index is 1190. The van der Waals surface area contributed by atoms with Gasteiger partial charge in [0.2, 0.25) is 15.9 Å². The molecule has 0 fully saturated rings. The molecular formula is C23H22BrClN2O4S. The lowest BCUT2D eigenvalue weighted by molar-refractivity contribution is -0.117. The molecule has 3 aromatic rings. The van der Waals surface area contributed by atoms with Gasteiger partial charge in [0.05, 0.1) is 6.61 Å². The van der Waals surface area contributed by atoms with Crippen LogP contribution in [-0.4, -0.2) is 27.0 Å². The van der Waals surface area contributed by atoms with E-state index in [-0.39, 0.29) is 28.7 Å². The lowest BCUT2D eigenvalue weighted by Crippen LogP contribution is -2.45. The molecule has 2 N–H and O–H groups in total. The number of amides is 1. The van der Waals surface area contributed by atoms with Gasteiger partial charge in [0.25, 0.3) is 0 Å². The molecule has 1 amide bonds.